The molecule has 3 nitrogen and oxygen atoms in total. The second kappa shape index (κ2) is 6.73. The van der Waals surface area contributed by atoms with Gasteiger partial charge in [-0.05, 0) is 36.3 Å². The van der Waals surface area contributed by atoms with Crippen LogP contribution in [0.15, 0.2) is 18.2 Å². The van der Waals surface area contributed by atoms with Gasteiger partial charge in [0.1, 0.15) is 5.75 Å². The molecule has 0 fully saturated rings. The van der Waals surface area contributed by atoms with Gasteiger partial charge in [0.2, 0.25) is 0 Å². The van der Waals surface area contributed by atoms with Gasteiger partial charge >= 0.3 is 0 Å². The SMILES string of the molecule is Cc1c(O)cccc1C(=O)NCCCCI. The van der Waals surface area contributed by atoms with Crippen LogP contribution in [-0.2, 0) is 0 Å². The van der Waals surface area contributed by atoms with Gasteiger partial charge < -0.3 is 10.4 Å². The molecule has 0 radical (unpaired) electrons. The molecule has 0 aliphatic heterocycles. The fourth-order valence-electron chi connectivity index (χ4n) is 1.39. The molecule has 4 heteroatoms. The topological polar surface area (TPSA) is 49.3 Å². The first-order valence-corrected chi connectivity index (χ1v) is 6.82. The molecule has 1 aromatic rings. The van der Waals surface area contributed by atoms with Crippen LogP contribution in [0.5, 0.6) is 5.75 Å². The number of benzene rings is 1. The van der Waals surface area contributed by atoms with Crippen LogP contribution in [0.25, 0.3) is 0 Å². The van der Waals surface area contributed by atoms with Gasteiger partial charge in [-0.15, -0.1) is 0 Å². The van der Waals surface area contributed by atoms with Crippen molar-refractivity contribution < 1.29 is 9.90 Å². The predicted molar refractivity (Wildman–Crippen MR) is 73.3 cm³/mol. The molecule has 1 rings (SSSR count). The fraction of sp³-hybridized carbons (Fsp3) is 0.417. The van der Waals surface area contributed by atoms with E-state index >= 15 is 0 Å². The Kier molecular flexibility index (Phi) is 5.59. The fourth-order valence-corrected chi connectivity index (χ4v) is 1.93. The van der Waals surface area contributed by atoms with Gasteiger partial charge in [0.15, 0.2) is 0 Å². The number of hydrogen-bond donors (Lipinski definition) is 2. The van der Waals surface area contributed by atoms with E-state index in [1.807, 2.05) is 0 Å². The Morgan fingerprint density at radius 2 is 2.19 bits per heavy atom. The smallest absolute Gasteiger partial charge is 0.251 e. The van der Waals surface area contributed by atoms with Crippen LogP contribution in [0.1, 0.15) is 28.8 Å². The number of carbonyl (C=O) groups is 1. The average molecular weight is 333 g/mol. The molecule has 0 saturated carbocycles. The van der Waals surface area contributed by atoms with Crippen molar-refractivity contribution in [2.45, 2.75) is 19.8 Å². The van der Waals surface area contributed by atoms with Crippen LogP contribution in [-0.4, -0.2) is 22.0 Å². The molecule has 16 heavy (non-hydrogen) atoms. The van der Waals surface area contributed by atoms with E-state index in [0.717, 1.165) is 17.3 Å². The number of nitrogens with one attached hydrogen (secondary N) is 1. The lowest BCUT2D eigenvalue weighted by atomic mass is 10.1. The monoisotopic (exact) mass is 333 g/mol. The maximum atomic E-state index is 11.8. The van der Waals surface area contributed by atoms with Crippen LogP contribution in [0, 0.1) is 6.92 Å². The molecule has 0 aliphatic carbocycles. The van der Waals surface area contributed by atoms with E-state index < -0.39 is 0 Å². The molecular weight excluding hydrogens is 317 g/mol. The number of amides is 1. The third kappa shape index (κ3) is 3.66. The molecule has 2 N–H and O–H groups in total. The van der Waals surface area contributed by atoms with Gasteiger partial charge in [0, 0.05) is 17.7 Å². The molecular formula is C12H16INO2. The number of phenolic OH excluding ortho intramolecular Hbond substituents is 1. The summed E-state index contributed by atoms with van der Waals surface area (Å²) < 4.78 is 1.11. The normalized spacial score (nSPS) is 10.1. The van der Waals surface area contributed by atoms with Gasteiger partial charge in [0.25, 0.3) is 5.91 Å². The third-order valence-electron chi connectivity index (χ3n) is 2.40. The molecule has 0 bridgehead atoms. The first kappa shape index (κ1) is 13.3. The number of phenols is 1. The van der Waals surface area contributed by atoms with E-state index in [-0.39, 0.29) is 11.7 Å². The summed E-state index contributed by atoms with van der Waals surface area (Å²) in [7, 11) is 0. The second-order valence-electron chi connectivity index (χ2n) is 3.60. The summed E-state index contributed by atoms with van der Waals surface area (Å²) in [5.74, 6) is 0.0572. The molecule has 0 aliphatic rings. The van der Waals surface area contributed by atoms with Crippen molar-refractivity contribution in [1.29, 1.82) is 0 Å². The van der Waals surface area contributed by atoms with Gasteiger partial charge in [0.05, 0.1) is 0 Å². The zero-order chi connectivity index (χ0) is 12.0. The highest BCUT2D eigenvalue weighted by Crippen LogP contribution is 2.19. The Hall–Kier alpha value is -0.780. The van der Waals surface area contributed by atoms with Crippen molar-refractivity contribution >= 4 is 28.5 Å². The lowest BCUT2D eigenvalue weighted by Gasteiger charge is -2.08. The summed E-state index contributed by atoms with van der Waals surface area (Å²) in [4.78, 5) is 11.8. The summed E-state index contributed by atoms with van der Waals surface area (Å²) in [5.41, 5.74) is 1.18. The van der Waals surface area contributed by atoms with E-state index in [9.17, 15) is 9.90 Å². The zero-order valence-electron chi connectivity index (χ0n) is 9.29. The molecule has 0 atom stereocenters. The highest BCUT2D eigenvalue weighted by Gasteiger charge is 2.10. The van der Waals surface area contributed by atoms with Crippen molar-refractivity contribution in [3.63, 3.8) is 0 Å². The average Bonchev–Trinajstić information content (AvgIpc) is 2.28. The van der Waals surface area contributed by atoms with Gasteiger partial charge in [-0.3, -0.25) is 4.79 Å². The zero-order valence-corrected chi connectivity index (χ0v) is 11.5. The minimum Gasteiger partial charge on any atom is -0.508 e. The maximum Gasteiger partial charge on any atom is 0.251 e. The molecule has 0 saturated heterocycles. The summed E-state index contributed by atoms with van der Waals surface area (Å²) in [6.45, 7) is 2.44. The predicted octanol–water partition coefficient (Wildman–Crippen LogP) is 2.65. The summed E-state index contributed by atoms with van der Waals surface area (Å²) in [5, 5.41) is 12.3. The van der Waals surface area contributed by atoms with E-state index in [0.29, 0.717) is 17.7 Å². The molecule has 1 amide bonds. The molecule has 0 spiro atoms. The van der Waals surface area contributed by atoms with E-state index in [4.69, 9.17) is 0 Å². The first-order chi connectivity index (χ1) is 7.66. The molecule has 0 heterocycles. The lowest BCUT2D eigenvalue weighted by Crippen LogP contribution is -2.25. The number of alkyl halides is 1. The number of rotatable bonds is 5. The molecule has 1 aromatic carbocycles. The largest absolute Gasteiger partial charge is 0.508 e. The number of carbonyl (C=O) groups excluding carboxylic acids is 1. The highest BCUT2D eigenvalue weighted by molar-refractivity contribution is 14.1. The number of unbranched alkanes of at least 4 members (excludes halogenated alkanes) is 1. The highest BCUT2D eigenvalue weighted by atomic mass is 127. The molecule has 0 aromatic heterocycles. The van der Waals surface area contributed by atoms with Gasteiger partial charge in [-0.1, -0.05) is 28.7 Å². The minimum absolute atomic E-state index is 0.109. The summed E-state index contributed by atoms with van der Waals surface area (Å²) in [6.07, 6.45) is 2.10. The summed E-state index contributed by atoms with van der Waals surface area (Å²) in [6, 6.07) is 4.99. The van der Waals surface area contributed by atoms with Crippen molar-refractivity contribution in [3.8, 4) is 5.75 Å². The van der Waals surface area contributed by atoms with Crippen molar-refractivity contribution in [1.82, 2.24) is 5.32 Å². The quantitative estimate of drug-likeness (QED) is 0.494. The number of hydrogen-bond acceptors (Lipinski definition) is 2. The Morgan fingerprint density at radius 3 is 2.88 bits per heavy atom. The maximum absolute atomic E-state index is 11.8. The third-order valence-corrected chi connectivity index (χ3v) is 3.16. The van der Waals surface area contributed by atoms with Crippen molar-refractivity contribution in [3.05, 3.63) is 29.3 Å². The van der Waals surface area contributed by atoms with Crippen molar-refractivity contribution in [2.24, 2.45) is 0 Å². The number of halogens is 1. The van der Waals surface area contributed by atoms with E-state index in [1.54, 1.807) is 25.1 Å². The van der Waals surface area contributed by atoms with E-state index in [1.165, 1.54) is 0 Å². The standard InChI is InChI=1S/C12H16INO2/c1-9-10(5-4-6-11(9)15)12(16)14-8-3-2-7-13/h4-6,15H,2-3,7-8H2,1H3,(H,14,16). The van der Waals surface area contributed by atoms with Gasteiger partial charge in [-0.2, -0.15) is 0 Å². The lowest BCUT2D eigenvalue weighted by molar-refractivity contribution is 0.0952. The van der Waals surface area contributed by atoms with Crippen LogP contribution in [0.2, 0.25) is 0 Å². The minimum atomic E-state index is -0.109. The second-order valence-corrected chi connectivity index (χ2v) is 4.68. The van der Waals surface area contributed by atoms with E-state index in [2.05, 4.69) is 27.9 Å². The Morgan fingerprint density at radius 1 is 1.44 bits per heavy atom. The molecule has 0 unspecified atom stereocenters. The molecule has 88 valence electrons. The Labute approximate surface area is 109 Å². The van der Waals surface area contributed by atoms with Crippen molar-refractivity contribution in [2.75, 3.05) is 11.0 Å². The van der Waals surface area contributed by atoms with Crippen LogP contribution < -0.4 is 5.32 Å². The van der Waals surface area contributed by atoms with Crippen LogP contribution >= 0.6 is 22.6 Å². The van der Waals surface area contributed by atoms with Crippen LogP contribution in [0.3, 0.4) is 0 Å². The Balaban J connectivity index is 2.56. The Bertz CT molecular complexity index is 366. The first-order valence-electron chi connectivity index (χ1n) is 5.29. The van der Waals surface area contributed by atoms with Crippen LogP contribution in [0.4, 0.5) is 0 Å². The summed E-state index contributed by atoms with van der Waals surface area (Å²) >= 11 is 2.32. The van der Waals surface area contributed by atoms with Gasteiger partial charge in [-0.25, -0.2) is 0 Å². The number of aromatic hydroxyl groups is 1.